The van der Waals surface area contributed by atoms with Gasteiger partial charge in [0, 0.05) is 12.6 Å². The van der Waals surface area contributed by atoms with E-state index in [-0.39, 0.29) is 16.8 Å². The van der Waals surface area contributed by atoms with Crippen molar-refractivity contribution in [2.45, 2.75) is 50.6 Å². The fraction of sp³-hybridized carbons (Fsp3) is 0.533. The van der Waals surface area contributed by atoms with Crippen molar-refractivity contribution in [2.24, 2.45) is 0 Å². The zero-order chi connectivity index (χ0) is 15.6. The van der Waals surface area contributed by atoms with Gasteiger partial charge in [0.25, 0.3) is 0 Å². The van der Waals surface area contributed by atoms with Gasteiger partial charge in [0.05, 0.1) is 4.90 Å². The van der Waals surface area contributed by atoms with E-state index in [9.17, 15) is 13.2 Å². The number of carbonyl (C=O) groups excluding carboxylic acids is 1. The van der Waals surface area contributed by atoms with Gasteiger partial charge in [-0.05, 0) is 45.7 Å². The third-order valence-corrected chi connectivity index (χ3v) is 5.49. The van der Waals surface area contributed by atoms with Crippen LogP contribution >= 0.6 is 0 Å². The number of nitrogens with one attached hydrogen (secondary N) is 1. The molecule has 1 heterocycles. The molecule has 0 radical (unpaired) electrons. The first-order valence-electron chi connectivity index (χ1n) is 7.21. The number of aryl methyl sites for hydroxylation is 1. The highest BCUT2D eigenvalue weighted by Gasteiger charge is 2.39. The maximum Gasteiger partial charge on any atom is 0.243 e. The third kappa shape index (κ3) is 3.44. The molecule has 1 N–H and O–H groups in total. The second-order valence-corrected chi connectivity index (χ2v) is 7.64. The molecule has 0 saturated carbocycles. The molecule has 1 aliphatic heterocycles. The van der Waals surface area contributed by atoms with Gasteiger partial charge < -0.3 is 5.32 Å². The van der Waals surface area contributed by atoms with Crippen molar-refractivity contribution in [2.75, 3.05) is 6.54 Å². The maximum atomic E-state index is 12.7. The van der Waals surface area contributed by atoms with Crippen molar-refractivity contribution in [3.8, 4) is 0 Å². The van der Waals surface area contributed by atoms with E-state index in [1.54, 1.807) is 24.3 Å². The molecule has 1 unspecified atom stereocenters. The van der Waals surface area contributed by atoms with Crippen LogP contribution < -0.4 is 5.32 Å². The summed E-state index contributed by atoms with van der Waals surface area (Å²) in [6.07, 6.45) is 1.28. The summed E-state index contributed by atoms with van der Waals surface area (Å²) in [5, 5.41) is 2.80. The Kier molecular flexibility index (Phi) is 4.68. The Morgan fingerprint density at radius 2 is 1.90 bits per heavy atom. The summed E-state index contributed by atoms with van der Waals surface area (Å²) in [5.41, 5.74) is 1.00. The Bertz CT molecular complexity index is 608. The molecule has 1 aliphatic rings. The lowest BCUT2D eigenvalue weighted by Crippen LogP contribution is -2.47. The van der Waals surface area contributed by atoms with Gasteiger partial charge in [0.2, 0.25) is 15.9 Å². The molecule has 1 aromatic carbocycles. The van der Waals surface area contributed by atoms with Gasteiger partial charge in [-0.25, -0.2) is 8.42 Å². The molecule has 0 aromatic heterocycles. The number of hydrogen-bond donors (Lipinski definition) is 1. The van der Waals surface area contributed by atoms with E-state index < -0.39 is 16.1 Å². The van der Waals surface area contributed by atoms with Crippen molar-refractivity contribution in [3.05, 3.63) is 29.8 Å². The molecule has 21 heavy (non-hydrogen) atoms. The van der Waals surface area contributed by atoms with E-state index in [4.69, 9.17) is 0 Å². The van der Waals surface area contributed by atoms with Crippen LogP contribution in [0.3, 0.4) is 0 Å². The number of nitrogens with zero attached hydrogens (tertiary/aromatic N) is 1. The normalized spacial score (nSPS) is 19.9. The highest BCUT2D eigenvalue weighted by atomic mass is 32.2. The van der Waals surface area contributed by atoms with Crippen molar-refractivity contribution in [3.63, 3.8) is 0 Å². The summed E-state index contributed by atoms with van der Waals surface area (Å²) < 4.78 is 26.7. The van der Waals surface area contributed by atoms with Crippen molar-refractivity contribution in [1.82, 2.24) is 9.62 Å². The summed E-state index contributed by atoms with van der Waals surface area (Å²) >= 11 is 0. The zero-order valence-electron chi connectivity index (χ0n) is 12.7. The minimum atomic E-state index is -3.61. The lowest BCUT2D eigenvalue weighted by molar-refractivity contribution is -0.124. The van der Waals surface area contributed by atoms with Crippen LogP contribution in [0.1, 0.15) is 32.3 Å². The highest BCUT2D eigenvalue weighted by molar-refractivity contribution is 7.89. The van der Waals surface area contributed by atoms with E-state index in [1.165, 1.54) is 4.31 Å². The Morgan fingerprint density at radius 3 is 2.48 bits per heavy atom. The standard InChI is InChI=1S/C15H22N2O3S/c1-11(2)16-15(18)14-5-4-10-17(14)21(19,20)13-8-6-12(3)7-9-13/h6-9,11,14H,4-5,10H2,1-3H3,(H,16,18). The van der Waals surface area contributed by atoms with Gasteiger partial charge >= 0.3 is 0 Å². The number of carbonyl (C=O) groups is 1. The first-order chi connectivity index (χ1) is 9.82. The summed E-state index contributed by atoms with van der Waals surface area (Å²) in [4.78, 5) is 12.4. The molecular weight excluding hydrogens is 288 g/mol. The van der Waals surface area contributed by atoms with Gasteiger partial charge in [-0.15, -0.1) is 0 Å². The van der Waals surface area contributed by atoms with Gasteiger partial charge in [0.1, 0.15) is 6.04 Å². The molecule has 1 aromatic rings. The number of hydrogen-bond acceptors (Lipinski definition) is 3. The lowest BCUT2D eigenvalue weighted by Gasteiger charge is -2.24. The van der Waals surface area contributed by atoms with Crippen LogP contribution in [0.2, 0.25) is 0 Å². The SMILES string of the molecule is Cc1ccc(S(=O)(=O)N2CCCC2C(=O)NC(C)C)cc1. The van der Waals surface area contributed by atoms with Crippen LogP contribution in [0, 0.1) is 6.92 Å². The van der Waals surface area contributed by atoms with E-state index in [1.807, 2.05) is 20.8 Å². The topological polar surface area (TPSA) is 66.5 Å². The number of amides is 1. The second-order valence-electron chi connectivity index (χ2n) is 5.75. The molecular formula is C15H22N2O3S. The van der Waals surface area contributed by atoms with Crippen molar-refractivity contribution < 1.29 is 13.2 Å². The largest absolute Gasteiger partial charge is 0.353 e. The van der Waals surface area contributed by atoms with Crippen LogP contribution in [0.4, 0.5) is 0 Å². The molecule has 0 bridgehead atoms. The van der Waals surface area contributed by atoms with Crippen molar-refractivity contribution in [1.29, 1.82) is 0 Å². The quantitative estimate of drug-likeness (QED) is 0.920. The first kappa shape index (κ1) is 16.0. The van der Waals surface area contributed by atoms with Crippen LogP contribution in [-0.2, 0) is 14.8 Å². The van der Waals surface area contributed by atoms with Gasteiger partial charge in [0.15, 0.2) is 0 Å². The molecule has 1 fully saturated rings. The minimum absolute atomic E-state index is 0.00188. The second kappa shape index (κ2) is 6.15. The number of benzene rings is 1. The fourth-order valence-electron chi connectivity index (χ4n) is 2.52. The molecule has 116 valence electrons. The molecule has 1 atom stereocenters. The summed E-state index contributed by atoms with van der Waals surface area (Å²) in [6, 6.07) is 6.14. The molecule has 1 amide bonds. The number of sulfonamides is 1. The minimum Gasteiger partial charge on any atom is -0.353 e. The molecule has 0 spiro atoms. The monoisotopic (exact) mass is 310 g/mol. The molecule has 5 nitrogen and oxygen atoms in total. The highest BCUT2D eigenvalue weighted by Crippen LogP contribution is 2.26. The predicted molar refractivity (Wildman–Crippen MR) is 81.4 cm³/mol. The van der Waals surface area contributed by atoms with Crippen LogP contribution in [-0.4, -0.2) is 37.3 Å². The van der Waals surface area contributed by atoms with Gasteiger partial charge in [-0.2, -0.15) is 4.31 Å². The summed E-state index contributed by atoms with van der Waals surface area (Å²) in [7, 11) is -3.61. The predicted octanol–water partition coefficient (Wildman–Crippen LogP) is 1.67. The van der Waals surface area contributed by atoms with Gasteiger partial charge in [-0.1, -0.05) is 17.7 Å². The maximum absolute atomic E-state index is 12.7. The fourth-order valence-corrected chi connectivity index (χ4v) is 4.17. The smallest absolute Gasteiger partial charge is 0.243 e. The molecule has 0 aliphatic carbocycles. The van der Waals surface area contributed by atoms with Crippen molar-refractivity contribution >= 4 is 15.9 Å². The third-order valence-electron chi connectivity index (χ3n) is 3.56. The average Bonchev–Trinajstić information content (AvgIpc) is 2.88. The first-order valence-corrected chi connectivity index (χ1v) is 8.65. The van der Waals surface area contributed by atoms with Crippen LogP contribution in [0.5, 0.6) is 0 Å². The van der Waals surface area contributed by atoms with Crippen LogP contribution in [0.15, 0.2) is 29.2 Å². The van der Waals surface area contributed by atoms with E-state index in [0.29, 0.717) is 19.4 Å². The Balaban J connectivity index is 2.26. The average molecular weight is 310 g/mol. The summed E-state index contributed by atoms with van der Waals surface area (Å²) in [5.74, 6) is -0.210. The molecule has 2 rings (SSSR count). The molecule has 1 saturated heterocycles. The Hall–Kier alpha value is -1.40. The van der Waals surface area contributed by atoms with Crippen LogP contribution in [0.25, 0.3) is 0 Å². The van der Waals surface area contributed by atoms with E-state index in [2.05, 4.69) is 5.32 Å². The number of rotatable bonds is 4. The van der Waals surface area contributed by atoms with Gasteiger partial charge in [-0.3, -0.25) is 4.79 Å². The zero-order valence-corrected chi connectivity index (χ0v) is 13.5. The van der Waals surface area contributed by atoms with E-state index >= 15 is 0 Å². The lowest BCUT2D eigenvalue weighted by atomic mass is 10.2. The van der Waals surface area contributed by atoms with E-state index in [0.717, 1.165) is 5.56 Å². The summed E-state index contributed by atoms with van der Waals surface area (Å²) in [6.45, 7) is 6.04. The Labute approximate surface area is 126 Å². The molecule has 6 heteroatoms. The Morgan fingerprint density at radius 1 is 1.29 bits per heavy atom.